The highest BCUT2D eigenvalue weighted by Gasteiger charge is 2.11. The second kappa shape index (κ2) is 5.09. The minimum absolute atomic E-state index is 0.0931. The van der Waals surface area contributed by atoms with Gasteiger partial charge >= 0.3 is 0 Å². The van der Waals surface area contributed by atoms with Crippen LogP contribution in [-0.4, -0.2) is 20.2 Å². The van der Waals surface area contributed by atoms with E-state index in [0.29, 0.717) is 11.5 Å². The van der Waals surface area contributed by atoms with Crippen LogP contribution in [0.15, 0.2) is 34.9 Å². The summed E-state index contributed by atoms with van der Waals surface area (Å²) in [5, 5.41) is 10.9. The Hall–Kier alpha value is -2.15. The molecule has 6 nitrogen and oxygen atoms in total. The molecule has 3 rings (SSSR count). The van der Waals surface area contributed by atoms with Crippen molar-refractivity contribution in [2.24, 2.45) is 0 Å². The maximum absolute atomic E-state index is 5.70. The van der Waals surface area contributed by atoms with Crippen molar-refractivity contribution >= 4 is 38.7 Å². The number of nitrogens with zero attached hydrogens (tertiary/aromatic N) is 3. The number of fused-ring (bicyclic) bond motifs is 1. The lowest BCUT2D eigenvalue weighted by Gasteiger charge is -2.15. The Bertz CT molecular complexity index is 736. The van der Waals surface area contributed by atoms with Crippen LogP contribution in [0.2, 0.25) is 0 Å². The van der Waals surface area contributed by atoms with Crippen LogP contribution in [-0.2, 0) is 0 Å². The third-order valence-electron chi connectivity index (χ3n) is 3.05. The maximum atomic E-state index is 5.70. The van der Waals surface area contributed by atoms with Crippen molar-refractivity contribution in [3.05, 3.63) is 40.5 Å². The largest absolute Gasteiger partial charge is 0.368 e. The smallest absolute Gasteiger partial charge is 0.224 e. The van der Waals surface area contributed by atoms with Crippen LogP contribution in [0.4, 0.5) is 11.8 Å². The summed E-state index contributed by atoms with van der Waals surface area (Å²) in [6.45, 7) is 2.06. The molecule has 0 spiro atoms. The third-order valence-corrected chi connectivity index (χ3v) is 3.58. The number of anilines is 2. The van der Waals surface area contributed by atoms with Gasteiger partial charge in [0, 0.05) is 10.5 Å². The molecule has 1 unspecified atom stereocenters. The maximum Gasteiger partial charge on any atom is 0.224 e. The van der Waals surface area contributed by atoms with Crippen molar-refractivity contribution in [1.82, 2.24) is 20.2 Å². The standard InChI is InChI=1S/C13H13BrN6/c1-7(8-2-4-9(14)5-3-8)17-11-10-6-16-20-12(10)19-13(15)18-11/h2-7H,1H3,(H4,15,16,17,18,19,20). The first-order valence-electron chi connectivity index (χ1n) is 6.12. The second-order valence-corrected chi connectivity index (χ2v) is 5.40. The van der Waals surface area contributed by atoms with E-state index in [1.165, 1.54) is 0 Å². The van der Waals surface area contributed by atoms with E-state index in [1.54, 1.807) is 6.20 Å². The number of aromatic amines is 1. The fourth-order valence-corrected chi connectivity index (χ4v) is 2.27. The molecular formula is C13H13BrN6. The van der Waals surface area contributed by atoms with Crippen molar-refractivity contribution in [1.29, 1.82) is 0 Å². The number of H-pyrrole nitrogens is 1. The summed E-state index contributed by atoms with van der Waals surface area (Å²) >= 11 is 3.43. The van der Waals surface area contributed by atoms with Gasteiger partial charge in [0.25, 0.3) is 0 Å². The highest BCUT2D eigenvalue weighted by atomic mass is 79.9. The second-order valence-electron chi connectivity index (χ2n) is 4.48. The molecule has 0 amide bonds. The fraction of sp³-hybridized carbons (Fsp3) is 0.154. The first-order valence-corrected chi connectivity index (χ1v) is 6.91. The van der Waals surface area contributed by atoms with Gasteiger partial charge in [-0.25, -0.2) is 0 Å². The van der Waals surface area contributed by atoms with E-state index in [2.05, 4.69) is 60.5 Å². The monoisotopic (exact) mass is 332 g/mol. The molecule has 0 saturated carbocycles. The van der Waals surface area contributed by atoms with E-state index in [1.807, 2.05) is 12.1 Å². The number of halogens is 1. The van der Waals surface area contributed by atoms with Crippen molar-refractivity contribution in [3.63, 3.8) is 0 Å². The van der Waals surface area contributed by atoms with Crippen molar-refractivity contribution in [3.8, 4) is 0 Å². The molecule has 7 heteroatoms. The first-order chi connectivity index (χ1) is 9.63. The average molecular weight is 333 g/mol. The number of hydrogen-bond donors (Lipinski definition) is 3. The van der Waals surface area contributed by atoms with Gasteiger partial charge in [-0.3, -0.25) is 5.10 Å². The summed E-state index contributed by atoms with van der Waals surface area (Å²) in [6, 6.07) is 8.22. The lowest BCUT2D eigenvalue weighted by Crippen LogP contribution is -2.09. The average Bonchev–Trinajstić information content (AvgIpc) is 2.87. The Kier molecular flexibility index (Phi) is 3.27. The van der Waals surface area contributed by atoms with E-state index in [-0.39, 0.29) is 12.0 Å². The number of hydrogen-bond acceptors (Lipinski definition) is 5. The first kappa shape index (κ1) is 12.9. The van der Waals surface area contributed by atoms with E-state index in [9.17, 15) is 0 Å². The summed E-state index contributed by atoms with van der Waals surface area (Å²) in [6.07, 6.45) is 1.69. The quantitative estimate of drug-likeness (QED) is 0.685. The van der Waals surface area contributed by atoms with Crippen LogP contribution in [0.25, 0.3) is 11.0 Å². The van der Waals surface area contributed by atoms with Gasteiger partial charge in [0.2, 0.25) is 5.95 Å². The zero-order valence-electron chi connectivity index (χ0n) is 10.8. The van der Waals surface area contributed by atoms with Gasteiger partial charge in [-0.05, 0) is 24.6 Å². The lowest BCUT2D eigenvalue weighted by molar-refractivity contribution is 0.876. The molecule has 102 valence electrons. The lowest BCUT2D eigenvalue weighted by atomic mass is 10.1. The number of nitrogens with one attached hydrogen (secondary N) is 2. The molecule has 0 aliphatic rings. The van der Waals surface area contributed by atoms with Gasteiger partial charge in [0.1, 0.15) is 5.82 Å². The zero-order chi connectivity index (χ0) is 14.1. The summed E-state index contributed by atoms with van der Waals surface area (Å²) in [7, 11) is 0. The normalized spacial score (nSPS) is 12.5. The SMILES string of the molecule is CC(Nc1nc(N)nc2[nH]ncc12)c1ccc(Br)cc1. The van der Waals surface area contributed by atoms with E-state index < -0.39 is 0 Å². The van der Waals surface area contributed by atoms with E-state index in [4.69, 9.17) is 5.73 Å². The topological polar surface area (TPSA) is 92.5 Å². The Labute approximate surface area is 123 Å². The number of nitrogens with two attached hydrogens (primary N) is 1. The minimum atomic E-state index is 0.0931. The van der Waals surface area contributed by atoms with Crippen molar-refractivity contribution in [2.75, 3.05) is 11.1 Å². The van der Waals surface area contributed by atoms with Gasteiger partial charge in [0.05, 0.1) is 11.6 Å². The van der Waals surface area contributed by atoms with Crippen LogP contribution in [0, 0.1) is 0 Å². The molecule has 4 N–H and O–H groups in total. The molecule has 1 atom stereocenters. The van der Waals surface area contributed by atoms with Crippen LogP contribution in [0.1, 0.15) is 18.5 Å². The van der Waals surface area contributed by atoms with Gasteiger partial charge in [-0.1, -0.05) is 28.1 Å². The summed E-state index contributed by atoms with van der Waals surface area (Å²) in [5.74, 6) is 0.893. The number of aromatic nitrogens is 4. The fourth-order valence-electron chi connectivity index (χ4n) is 2.00. The molecule has 1 aromatic carbocycles. The minimum Gasteiger partial charge on any atom is -0.368 e. The number of benzene rings is 1. The van der Waals surface area contributed by atoms with Crippen LogP contribution in [0.3, 0.4) is 0 Å². The predicted molar refractivity (Wildman–Crippen MR) is 82.3 cm³/mol. The number of nitrogen functional groups attached to an aromatic ring is 1. The molecule has 0 saturated heterocycles. The van der Waals surface area contributed by atoms with Gasteiger partial charge in [-0.15, -0.1) is 0 Å². The molecule has 3 aromatic rings. The van der Waals surface area contributed by atoms with E-state index in [0.717, 1.165) is 15.4 Å². The Balaban J connectivity index is 1.92. The zero-order valence-corrected chi connectivity index (χ0v) is 12.3. The van der Waals surface area contributed by atoms with Crippen LogP contribution >= 0.6 is 15.9 Å². The Morgan fingerprint density at radius 2 is 2.00 bits per heavy atom. The molecule has 0 bridgehead atoms. The van der Waals surface area contributed by atoms with E-state index >= 15 is 0 Å². The van der Waals surface area contributed by atoms with Crippen molar-refractivity contribution < 1.29 is 0 Å². The van der Waals surface area contributed by atoms with Gasteiger partial charge < -0.3 is 11.1 Å². The van der Waals surface area contributed by atoms with Crippen molar-refractivity contribution in [2.45, 2.75) is 13.0 Å². The highest BCUT2D eigenvalue weighted by Crippen LogP contribution is 2.24. The van der Waals surface area contributed by atoms with Gasteiger partial charge in [-0.2, -0.15) is 15.1 Å². The number of rotatable bonds is 3. The summed E-state index contributed by atoms with van der Waals surface area (Å²) in [5.41, 5.74) is 7.48. The molecule has 0 radical (unpaired) electrons. The predicted octanol–water partition coefficient (Wildman–Crippen LogP) is 2.87. The summed E-state index contributed by atoms with van der Waals surface area (Å²) < 4.78 is 1.05. The molecule has 0 aliphatic heterocycles. The Morgan fingerprint density at radius 1 is 1.25 bits per heavy atom. The molecule has 20 heavy (non-hydrogen) atoms. The third kappa shape index (κ3) is 2.44. The molecule has 2 heterocycles. The van der Waals surface area contributed by atoms with Crippen LogP contribution in [0.5, 0.6) is 0 Å². The Morgan fingerprint density at radius 3 is 2.75 bits per heavy atom. The van der Waals surface area contributed by atoms with Gasteiger partial charge in [0.15, 0.2) is 5.65 Å². The molecular weight excluding hydrogens is 320 g/mol. The highest BCUT2D eigenvalue weighted by molar-refractivity contribution is 9.10. The molecule has 0 fully saturated rings. The summed E-state index contributed by atoms with van der Waals surface area (Å²) in [4.78, 5) is 8.33. The van der Waals surface area contributed by atoms with Crippen LogP contribution < -0.4 is 11.1 Å². The molecule has 0 aliphatic carbocycles. The molecule has 2 aromatic heterocycles.